The lowest BCUT2D eigenvalue weighted by Gasteiger charge is -2.21. The van der Waals surface area contributed by atoms with E-state index in [1.54, 1.807) is 7.11 Å². The molecule has 96 valence electrons. The summed E-state index contributed by atoms with van der Waals surface area (Å²) >= 11 is 0. The van der Waals surface area contributed by atoms with Crippen LogP contribution in [0.3, 0.4) is 0 Å². The van der Waals surface area contributed by atoms with Crippen LogP contribution in [0.1, 0.15) is 18.9 Å². The van der Waals surface area contributed by atoms with Gasteiger partial charge in [0.2, 0.25) is 5.75 Å². The minimum Gasteiger partial charge on any atom is -0.493 e. The van der Waals surface area contributed by atoms with Crippen LogP contribution in [0.15, 0.2) is 17.7 Å². The Morgan fingerprint density at radius 2 is 2.17 bits per heavy atom. The summed E-state index contributed by atoms with van der Waals surface area (Å²) in [4.78, 5) is 10.8. The Morgan fingerprint density at radius 1 is 1.39 bits per heavy atom. The molecule has 0 spiro atoms. The highest BCUT2D eigenvalue weighted by atomic mass is 16.6. The van der Waals surface area contributed by atoms with E-state index in [1.807, 2.05) is 25.1 Å². The minimum atomic E-state index is 0.521. The molecule has 1 aromatic rings. The van der Waals surface area contributed by atoms with Crippen molar-refractivity contribution in [2.45, 2.75) is 13.3 Å². The molecule has 1 aliphatic heterocycles. The molecule has 0 amide bonds. The first kappa shape index (κ1) is 12.5. The lowest BCUT2D eigenvalue weighted by molar-refractivity contribution is -0.104. The molecule has 0 N–H and O–H groups in total. The fourth-order valence-corrected chi connectivity index (χ4v) is 1.81. The van der Waals surface area contributed by atoms with Gasteiger partial charge in [0.15, 0.2) is 11.5 Å². The Hall–Kier alpha value is -1.97. The largest absolute Gasteiger partial charge is 0.493 e. The third kappa shape index (κ3) is 2.47. The highest BCUT2D eigenvalue weighted by Crippen LogP contribution is 2.40. The molecule has 1 heterocycles. The molecule has 4 nitrogen and oxygen atoms in total. The molecule has 0 bridgehead atoms. The van der Waals surface area contributed by atoms with E-state index in [-0.39, 0.29) is 0 Å². The summed E-state index contributed by atoms with van der Waals surface area (Å²) in [6, 6.07) is 3.70. The van der Waals surface area contributed by atoms with Crippen molar-refractivity contribution in [1.82, 2.24) is 0 Å². The van der Waals surface area contributed by atoms with Gasteiger partial charge in [-0.2, -0.15) is 0 Å². The van der Waals surface area contributed by atoms with Crippen LogP contribution in [-0.4, -0.2) is 26.6 Å². The van der Waals surface area contributed by atoms with E-state index in [9.17, 15) is 4.79 Å². The molecular weight excluding hydrogens is 232 g/mol. The van der Waals surface area contributed by atoms with Gasteiger partial charge in [0, 0.05) is 0 Å². The number of hydrogen-bond acceptors (Lipinski definition) is 4. The normalized spacial score (nSPS) is 14.2. The van der Waals surface area contributed by atoms with Gasteiger partial charge >= 0.3 is 0 Å². The molecule has 0 radical (unpaired) electrons. The Balaban J connectivity index is 2.44. The van der Waals surface area contributed by atoms with Gasteiger partial charge in [0.25, 0.3) is 0 Å². The first-order chi connectivity index (χ1) is 8.78. The van der Waals surface area contributed by atoms with Crippen molar-refractivity contribution in [3.05, 3.63) is 23.3 Å². The molecule has 2 rings (SSSR count). The Labute approximate surface area is 106 Å². The van der Waals surface area contributed by atoms with Crippen LogP contribution < -0.4 is 14.2 Å². The molecule has 0 fully saturated rings. The van der Waals surface area contributed by atoms with E-state index in [2.05, 4.69) is 0 Å². The maximum absolute atomic E-state index is 10.8. The van der Waals surface area contributed by atoms with Gasteiger partial charge in [-0.1, -0.05) is 6.92 Å². The number of carbonyl (C=O) groups excluding carboxylic acids is 1. The summed E-state index contributed by atoms with van der Waals surface area (Å²) in [6.45, 7) is 2.99. The number of rotatable bonds is 4. The zero-order chi connectivity index (χ0) is 13.0. The molecule has 0 saturated carbocycles. The SMILES string of the molecule is CCC(C=O)=Cc1cc(OC)c2c(c1)OCCO2. The minimum absolute atomic E-state index is 0.521. The van der Waals surface area contributed by atoms with Crippen molar-refractivity contribution in [3.8, 4) is 17.2 Å². The molecule has 0 atom stereocenters. The number of aldehydes is 1. The predicted molar refractivity (Wildman–Crippen MR) is 68.3 cm³/mol. The first-order valence-electron chi connectivity index (χ1n) is 5.92. The van der Waals surface area contributed by atoms with E-state index in [0.29, 0.717) is 36.9 Å². The van der Waals surface area contributed by atoms with Gasteiger partial charge in [-0.3, -0.25) is 4.79 Å². The molecule has 4 heteroatoms. The molecular formula is C14H16O4. The van der Waals surface area contributed by atoms with E-state index < -0.39 is 0 Å². The number of ether oxygens (including phenoxy) is 3. The topological polar surface area (TPSA) is 44.8 Å². The van der Waals surface area contributed by atoms with Gasteiger partial charge in [-0.05, 0) is 35.8 Å². The van der Waals surface area contributed by atoms with E-state index >= 15 is 0 Å². The summed E-state index contributed by atoms with van der Waals surface area (Å²) in [7, 11) is 1.58. The molecule has 0 saturated heterocycles. The quantitative estimate of drug-likeness (QED) is 0.606. The molecule has 18 heavy (non-hydrogen) atoms. The fraction of sp³-hybridized carbons (Fsp3) is 0.357. The van der Waals surface area contributed by atoms with Crippen LogP contribution in [0.5, 0.6) is 17.2 Å². The lowest BCUT2D eigenvalue weighted by Crippen LogP contribution is -2.16. The Bertz CT molecular complexity index is 460. The van der Waals surface area contributed by atoms with E-state index in [1.165, 1.54) is 0 Å². The van der Waals surface area contributed by atoms with Crippen molar-refractivity contribution < 1.29 is 19.0 Å². The molecule has 0 aliphatic carbocycles. The molecule has 0 aromatic heterocycles. The maximum atomic E-state index is 10.8. The Kier molecular flexibility index (Phi) is 3.87. The number of allylic oxidation sites excluding steroid dienone is 1. The van der Waals surface area contributed by atoms with Crippen LogP contribution >= 0.6 is 0 Å². The predicted octanol–water partition coefficient (Wildman–Crippen LogP) is 2.46. The highest BCUT2D eigenvalue weighted by molar-refractivity contribution is 5.82. The molecule has 0 unspecified atom stereocenters. The van der Waals surface area contributed by atoms with Gasteiger partial charge in [0.1, 0.15) is 19.5 Å². The van der Waals surface area contributed by atoms with Gasteiger partial charge in [-0.15, -0.1) is 0 Å². The molecule has 1 aromatic carbocycles. The number of carbonyl (C=O) groups is 1. The zero-order valence-corrected chi connectivity index (χ0v) is 10.6. The second-order valence-electron chi connectivity index (χ2n) is 3.94. The second-order valence-corrected chi connectivity index (χ2v) is 3.94. The van der Waals surface area contributed by atoms with Crippen LogP contribution in [0, 0.1) is 0 Å². The fourth-order valence-electron chi connectivity index (χ4n) is 1.81. The summed E-state index contributed by atoms with van der Waals surface area (Å²) in [5.41, 5.74) is 1.61. The number of hydrogen-bond donors (Lipinski definition) is 0. The summed E-state index contributed by atoms with van der Waals surface area (Å²) in [6.07, 6.45) is 3.39. The zero-order valence-electron chi connectivity index (χ0n) is 10.6. The third-order valence-corrected chi connectivity index (χ3v) is 2.76. The van der Waals surface area contributed by atoms with Crippen molar-refractivity contribution in [2.75, 3.05) is 20.3 Å². The number of methoxy groups -OCH3 is 1. The van der Waals surface area contributed by atoms with Gasteiger partial charge in [-0.25, -0.2) is 0 Å². The summed E-state index contributed by atoms with van der Waals surface area (Å²) in [5, 5.41) is 0. The van der Waals surface area contributed by atoms with Crippen molar-refractivity contribution in [3.63, 3.8) is 0 Å². The van der Waals surface area contributed by atoms with Crippen LogP contribution in [0.4, 0.5) is 0 Å². The molecule has 1 aliphatic rings. The monoisotopic (exact) mass is 248 g/mol. The van der Waals surface area contributed by atoms with Crippen LogP contribution in [0.2, 0.25) is 0 Å². The maximum Gasteiger partial charge on any atom is 0.203 e. The Morgan fingerprint density at radius 3 is 2.83 bits per heavy atom. The average molecular weight is 248 g/mol. The van der Waals surface area contributed by atoms with Crippen LogP contribution in [-0.2, 0) is 4.79 Å². The third-order valence-electron chi connectivity index (χ3n) is 2.76. The van der Waals surface area contributed by atoms with E-state index in [4.69, 9.17) is 14.2 Å². The number of fused-ring (bicyclic) bond motifs is 1. The average Bonchev–Trinajstić information content (AvgIpc) is 2.43. The van der Waals surface area contributed by atoms with Crippen molar-refractivity contribution in [2.24, 2.45) is 0 Å². The summed E-state index contributed by atoms with van der Waals surface area (Å²) in [5.74, 6) is 1.91. The lowest BCUT2D eigenvalue weighted by atomic mass is 10.1. The van der Waals surface area contributed by atoms with E-state index in [0.717, 1.165) is 17.4 Å². The van der Waals surface area contributed by atoms with Gasteiger partial charge < -0.3 is 14.2 Å². The first-order valence-corrected chi connectivity index (χ1v) is 5.92. The standard InChI is InChI=1S/C14H16O4/c1-3-10(9-15)6-11-7-12(16-2)14-13(8-11)17-4-5-18-14/h6-9H,3-5H2,1-2H3. The highest BCUT2D eigenvalue weighted by Gasteiger charge is 2.17. The second kappa shape index (κ2) is 5.58. The summed E-state index contributed by atoms with van der Waals surface area (Å²) < 4.78 is 16.3. The number of benzene rings is 1. The smallest absolute Gasteiger partial charge is 0.203 e. The van der Waals surface area contributed by atoms with Crippen LogP contribution in [0.25, 0.3) is 6.08 Å². The van der Waals surface area contributed by atoms with Gasteiger partial charge in [0.05, 0.1) is 7.11 Å². The van der Waals surface area contributed by atoms with Crippen molar-refractivity contribution >= 4 is 12.4 Å². The van der Waals surface area contributed by atoms with Crippen molar-refractivity contribution in [1.29, 1.82) is 0 Å².